The van der Waals surface area contributed by atoms with Gasteiger partial charge in [0.05, 0.1) is 5.75 Å². The highest BCUT2D eigenvalue weighted by Gasteiger charge is 2.23. The highest BCUT2D eigenvalue weighted by atomic mass is 32.2. The summed E-state index contributed by atoms with van der Waals surface area (Å²) in [4.78, 5) is 24.9. The number of rotatable bonds is 4. The first-order valence-corrected chi connectivity index (χ1v) is 7.41. The number of carbonyl (C=O) groups is 2. The fourth-order valence-electron chi connectivity index (χ4n) is 1.77. The van der Waals surface area contributed by atoms with Crippen molar-refractivity contribution in [2.75, 3.05) is 25.9 Å². The van der Waals surface area contributed by atoms with Crippen LogP contribution in [-0.2, 0) is 9.59 Å². The van der Waals surface area contributed by atoms with Crippen LogP contribution in [0.4, 0.5) is 0 Å². The average molecular weight is 272 g/mol. The normalized spacial score (nSPS) is 21.0. The average Bonchev–Trinajstić information content (AvgIpc) is 2.27. The molecule has 0 radical (unpaired) electrons. The third-order valence-corrected chi connectivity index (χ3v) is 4.26. The maximum absolute atomic E-state index is 11.7. The molecule has 1 aliphatic heterocycles. The van der Waals surface area contributed by atoms with Gasteiger partial charge in [0, 0.05) is 31.3 Å². The molecule has 1 heterocycles. The van der Waals surface area contributed by atoms with Crippen molar-refractivity contribution in [1.29, 1.82) is 0 Å². The van der Waals surface area contributed by atoms with E-state index < -0.39 is 0 Å². The van der Waals surface area contributed by atoms with Gasteiger partial charge in [-0.05, 0) is 12.3 Å². The molecule has 0 bridgehead atoms. The molecule has 0 aromatic heterocycles. The van der Waals surface area contributed by atoms with E-state index in [1.54, 1.807) is 16.7 Å². The first-order chi connectivity index (χ1) is 8.28. The van der Waals surface area contributed by atoms with Gasteiger partial charge in [-0.25, -0.2) is 0 Å². The third-order valence-electron chi connectivity index (χ3n) is 2.99. The molecule has 0 aromatic rings. The SMILES string of the molecule is CN1CCC(CNC(=O)CSC(C)(C)C)CC1=O. The van der Waals surface area contributed by atoms with Gasteiger partial charge in [-0.3, -0.25) is 9.59 Å². The fraction of sp³-hybridized carbons (Fsp3) is 0.846. The molecule has 1 aliphatic rings. The Hall–Kier alpha value is -0.710. The Morgan fingerprint density at radius 1 is 1.50 bits per heavy atom. The van der Waals surface area contributed by atoms with E-state index in [9.17, 15) is 9.59 Å². The Morgan fingerprint density at radius 2 is 2.17 bits per heavy atom. The summed E-state index contributed by atoms with van der Waals surface area (Å²) in [6.45, 7) is 7.72. The van der Waals surface area contributed by atoms with Crippen molar-refractivity contribution in [3.05, 3.63) is 0 Å². The number of thioether (sulfide) groups is 1. The largest absolute Gasteiger partial charge is 0.355 e. The summed E-state index contributed by atoms with van der Waals surface area (Å²) < 4.78 is 0.112. The molecule has 1 atom stereocenters. The first-order valence-electron chi connectivity index (χ1n) is 6.42. The summed E-state index contributed by atoms with van der Waals surface area (Å²) in [5.41, 5.74) is 0. The van der Waals surface area contributed by atoms with Crippen molar-refractivity contribution in [3.63, 3.8) is 0 Å². The van der Waals surface area contributed by atoms with E-state index in [0.717, 1.165) is 13.0 Å². The van der Waals surface area contributed by atoms with Crippen molar-refractivity contribution in [1.82, 2.24) is 10.2 Å². The van der Waals surface area contributed by atoms with Gasteiger partial charge in [-0.2, -0.15) is 0 Å². The van der Waals surface area contributed by atoms with Crippen LogP contribution in [0.15, 0.2) is 0 Å². The van der Waals surface area contributed by atoms with E-state index >= 15 is 0 Å². The molecule has 1 fully saturated rings. The van der Waals surface area contributed by atoms with Crippen LogP contribution in [0.2, 0.25) is 0 Å². The van der Waals surface area contributed by atoms with Crippen molar-refractivity contribution < 1.29 is 9.59 Å². The third kappa shape index (κ3) is 5.76. The fourth-order valence-corrected chi connectivity index (χ4v) is 2.44. The summed E-state index contributed by atoms with van der Waals surface area (Å²) in [6, 6.07) is 0. The molecule has 2 amide bonds. The van der Waals surface area contributed by atoms with Crippen molar-refractivity contribution in [2.45, 2.75) is 38.4 Å². The Morgan fingerprint density at radius 3 is 2.72 bits per heavy atom. The second-order valence-electron chi connectivity index (χ2n) is 5.88. The molecule has 1 saturated heterocycles. The Bertz CT molecular complexity index is 313. The van der Waals surface area contributed by atoms with Gasteiger partial charge in [-0.1, -0.05) is 20.8 Å². The second-order valence-corrected chi connectivity index (χ2v) is 7.68. The summed E-state index contributed by atoms with van der Waals surface area (Å²) >= 11 is 1.64. The van der Waals surface area contributed by atoms with Gasteiger partial charge in [0.25, 0.3) is 0 Å². The summed E-state index contributed by atoms with van der Waals surface area (Å²) in [5, 5.41) is 2.93. The minimum atomic E-state index is 0.0707. The molecule has 5 heteroatoms. The lowest BCUT2D eigenvalue weighted by atomic mass is 9.96. The highest BCUT2D eigenvalue weighted by Crippen LogP contribution is 2.22. The molecule has 0 aliphatic carbocycles. The van der Waals surface area contributed by atoms with E-state index in [0.29, 0.717) is 24.6 Å². The Balaban J connectivity index is 2.21. The van der Waals surface area contributed by atoms with Gasteiger partial charge in [-0.15, -0.1) is 11.8 Å². The van der Waals surface area contributed by atoms with Crippen molar-refractivity contribution in [2.24, 2.45) is 5.92 Å². The van der Waals surface area contributed by atoms with Gasteiger partial charge in [0.2, 0.25) is 11.8 Å². The molecule has 0 aromatic carbocycles. The quantitative estimate of drug-likeness (QED) is 0.844. The number of piperidine rings is 1. The number of hydrogen-bond acceptors (Lipinski definition) is 3. The predicted octanol–water partition coefficient (Wildman–Crippen LogP) is 1.50. The molecular weight excluding hydrogens is 248 g/mol. The van der Waals surface area contributed by atoms with Gasteiger partial charge in [0.1, 0.15) is 0 Å². The van der Waals surface area contributed by atoms with E-state index in [1.165, 1.54) is 0 Å². The maximum atomic E-state index is 11.7. The second kappa shape index (κ2) is 6.45. The molecule has 1 unspecified atom stereocenters. The van der Waals surface area contributed by atoms with E-state index in [1.807, 2.05) is 7.05 Å². The molecule has 104 valence electrons. The van der Waals surface area contributed by atoms with Crippen LogP contribution < -0.4 is 5.32 Å². The van der Waals surface area contributed by atoms with Crippen LogP contribution >= 0.6 is 11.8 Å². The number of nitrogens with zero attached hydrogens (tertiary/aromatic N) is 1. The monoisotopic (exact) mass is 272 g/mol. The van der Waals surface area contributed by atoms with Crippen LogP contribution in [0.1, 0.15) is 33.6 Å². The predicted molar refractivity (Wildman–Crippen MR) is 75.6 cm³/mol. The number of likely N-dealkylation sites (tertiary alicyclic amines) is 1. The minimum Gasteiger partial charge on any atom is -0.355 e. The highest BCUT2D eigenvalue weighted by molar-refractivity contribution is 8.01. The molecule has 0 saturated carbocycles. The van der Waals surface area contributed by atoms with Crippen molar-refractivity contribution in [3.8, 4) is 0 Å². The number of amides is 2. The lowest BCUT2D eigenvalue weighted by Gasteiger charge is -2.28. The zero-order valence-electron chi connectivity index (χ0n) is 11.8. The molecule has 4 nitrogen and oxygen atoms in total. The van der Waals surface area contributed by atoms with Crippen LogP contribution in [0.5, 0.6) is 0 Å². The standard InChI is InChI=1S/C13H24N2O2S/c1-13(2,3)18-9-11(16)14-8-10-5-6-15(4)12(17)7-10/h10H,5-9H2,1-4H3,(H,14,16). The zero-order valence-corrected chi connectivity index (χ0v) is 12.6. The molecule has 1 rings (SSSR count). The van der Waals surface area contributed by atoms with Crippen LogP contribution in [0.3, 0.4) is 0 Å². The van der Waals surface area contributed by atoms with E-state index in [4.69, 9.17) is 0 Å². The maximum Gasteiger partial charge on any atom is 0.230 e. The zero-order chi connectivity index (χ0) is 13.8. The summed E-state index contributed by atoms with van der Waals surface area (Å²) in [6.07, 6.45) is 1.54. The summed E-state index contributed by atoms with van der Waals surface area (Å²) in [5.74, 6) is 1.05. The topological polar surface area (TPSA) is 49.4 Å². The van der Waals surface area contributed by atoms with Crippen LogP contribution in [0.25, 0.3) is 0 Å². The van der Waals surface area contributed by atoms with Gasteiger partial charge in [0.15, 0.2) is 0 Å². The smallest absolute Gasteiger partial charge is 0.230 e. The van der Waals surface area contributed by atoms with E-state index in [2.05, 4.69) is 26.1 Å². The van der Waals surface area contributed by atoms with Crippen LogP contribution in [-0.4, -0.2) is 47.4 Å². The van der Waals surface area contributed by atoms with E-state index in [-0.39, 0.29) is 16.6 Å². The minimum absolute atomic E-state index is 0.0707. The number of carbonyl (C=O) groups excluding carboxylic acids is 2. The van der Waals surface area contributed by atoms with Crippen LogP contribution in [0, 0.1) is 5.92 Å². The number of nitrogens with one attached hydrogen (secondary N) is 1. The Kier molecular flexibility index (Phi) is 5.50. The van der Waals surface area contributed by atoms with Gasteiger partial charge >= 0.3 is 0 Å². The number of hydrogen-bond donors (Lipinski definition) is 1. The summed E-state index contributed by atoms with van der Waals surface area (Å²) in [7, 11) is 1.83. The first kappa shape index (κ1) is 15.3. The van der Waals surface area contributed by atoms with Gasteiger partial charge < -0.3 is 10.2 Å². The molecule has 0 spiro atoms. The molecule has 18 heavy (non-hydrogen) atoms. The Labute approximate surface area is 114 Å². The van der Waals surface area contributed by atoms with Crippen molar-refractivity contribution >= 4 is 23.6 Å². The lowest BCUT2D eigenvalue weighted by Crippen LogP contribution is -2.40. The molecule has 1 N–H and O–H groups in total. The lowest BCUT2D eigenvalue weighted by molar-refractivity contribution is -0.133. The molecular formula is C13H24N2O2S.